The normalized spacial score (nSPS) is 10.6. The van der Waals surface area contributed by atoms with Gasteiger partial charge in [-0.2, -0.15) is 5.26 Å². The van der Waals surface area contributed by atoms with E-state index in [1.165, 1.54) is 43.0 Å². The molecule has 3 aromatic carbocycles. The Morgan fingerprint density at radius 1 is 0.778 bits per heavy atom. The smallest absolute Gasteiger partial charge is 0.141 e. The fraction of sp³-hybridized carbons (Fsp3) is 0.208. The quantitative estimate of drug-likeness (QED) is 0.438. The summed E-state index contributed by atoms with van der Waals surface area (Å²) in [6.45, 7) is 2.19. The number of rotatable bonds is 6. The Hall–Kier alpha value is -2.99. The molecule has 3 heteroatoms. The van der Waals surface area contributed by atoms with Crippen LogP contribution >= 0.6 is 0 Å². The van der Waals surface area contributed by atoms with Crippen molar-refractivity contribution in [2.45, 2.75) is 32.6 Å². The van der Waals surface area contributed by atoms with Crippen LogP contribution in [0, 0.1) is 23.0 Å². The molecular weight excluding hydrogens is 340 g/mol. The van der Waals surface area contributed by atoms with Crippen LogP contribution in [-0.2, 0) is 6.42 Å². The summed E-state index contributed by atoms with van der Waals surface area (Å²) in [6, 6.07) is 19.1. The second-order valence-corrected chi connectivity index (χ2v) is 6.66. The number of hydrogen-bond donors (Lipinski definition) is 0. The topological polar surface area (TPSA) is 23.8 Å². The second-order valence-electron chi connectivity index (χ2n) is 6.66. The minimum atomic E-state index is -0.642. The number of halogens is 2. The third-order valence-corrected chi connectivity index (χ3v) is 4.73. The minimum absolute atomic E-state index is 0.0465. The third-order valence-electron chi connectivity index (χ3n) is 4.73. The van der Waals surface area contributed by atoms with E-state index in [9.17, 15) is 8.78 Å². The highest BCUT2D eigenvalue weighted by Gasteiger charge is 2.10. The van der Waals surface area contributed by atoms with E-state index in [1.54, 1.807) is 18.2 Å². The van der Waals surface area contributed by atoms with Gasteiger partial charge in [-0.1, -0.05) is 62.2 Å². The van der Waals surface area contributed by atoms with Crippen LogP contribution in [0.5, 0.6) is 0 Å². The van der Waals surface area contributed by atoms with E-state index in [2.05, 4.69) is 19.1 Å². The van der Waals surface area contributed by atoms with Crippen molar-refractivity contribution in [3.8, 4) is 28.3 Å². The molecule has 0 saturated carbocycles. The minimum Gasteiger partial charge on any atom is -0.206 e. The molecule has 0 bridgehead atoms. The van der Waals surface area contributed by atoms with Crippen molar-refractivity contribution in [3.05, 3.63) is 83.4 Å². The van der Waals surface area contributed by atoms with Crippen molar-refractivity contribution in [2.24, 2.45) is 0 Å². The first-order valence-corrected chi connectivity index (χ1v) is 9.21. The Balaban J connectivity index is 1.82. The van der Waals surface area contributed by atoms with Gasteiger partial charge in [0, 0.05) is 5.56 Å². The molecule has 0 heterocycles. The Bertz CT molecular complexity index is 969. The van der Waals surface area contributed by atoms with Crippen LogP contribution in [0.15, 0.2) is 60.7 Å². The molecule has 1 nitrogen and oxygen atoms in total. The van der Waals surface area contributed by atoms with Crippen LogP contribution in [-0.4, -0.2) is 0 Å². The SMILES string of the molecule is CCCCCc1ccc(-c2ccc(-c3ccc(C#N)c(F)c3)c(F)c2)cc1. The summed E-state index contributed by atoms with van der Waals surface area (Å²) >= 11 is 0. The molecule has 0 aliphatic heterocycles. The molecule has 0 aliphatic carbocycles. The number of benzene rings is 3. The molecule has 0 radical (unpaired) electrons. The zero-order chi connectivity index (χ0) is 19.2. The summed E-state index contributed by atoms with van der Waals surface area (Å²) < 4.78 is 28.4. The van der Waals surface area contributed by atoms with E-state index in [0.717, 1.165) is 17.5 Å². The average Bonchev–Trinajstić information content (AvgIpc) is 2.68. The molecule has 3 rings (SSSR count). The van der Waals surface area contributed by atoms with Crippen molar-refractivity contribution in [1.82, 2.24) is 0 Å². The highest BCUT2D eigenvalue weighted by Crippen LogP contribution is 2.29. The Morgan fingerprint density at radius 3 is 2.07 bits per heavy atom. The van der Waals surface area contributed by atoms with Crippen LogP contribution in [0.1, 0.15) is 37.3 Å². The number of unbranched alkanes of at least 4 members (excludes halogenated alkanes) is 2. The highest BCUT2D eigenvalue weighted by molar-refractivity contribution is 5.71. The van der Waals surface area contributed by atoms with Gasteiger partial charge in [0.1, 0.15) is 17.7 Å². The fourth-order valence-electron chi connectivity index (χ4n) is 3.15. The largest absolute Gasteiger partial charge is 0.206 e. The van der Waals surface area contributed by atoms with Gasteiger partial charge in [-0.25, -0.2) is 8.78 Å². The lowest BCUT2D eigenvalue weighted by Gasteiger charge is -2.08. The van der Waals surface area contributed by atoms with Crippen LogP contribution in [0.25, 0.3) is 22.3 Å². The molecule has 0 unspecified atom stereocenters. The second kappa shape index (κ2) is 8.60. The fourth-order valence-corrected chi connectivity index (χ4v) is 3.15. The summed E-state index contributed by atoms with van der Waals surface area (Å²) in [4.78, 5) is 0. The molecule has 0 N–H and O–H groups in total. The molecule has 0 aliphatic rings. The standard InChI is InChI=1S/C24H21F2N/c1-2-3-4-5-17-6-8-18(9-7-17)19-12-13-22(24(26)14-19)20-10-11-21(16-27)23(25)15-20/h6-15H,2-5H2,1H3. The van der Waals surface area contributed by atoms with E-state index in [0.29, 0.717) is 11.1 Å². The van der Waals surface area contributed by atoms with Crippen molar-refractivity contribution in [1.29, 1.82) is 5.26 Å². The maximum Gasteiger partial charge on any atom is 0.141 e. The summed E-state index contributed by atoms with van der Waals surface area (Å²) in [6.07, 6.45) is 4.67. The van der Waals surface area contributed by atoms with Gasteiger partial charge in [0.15, 0.2) is 0 Å². The van der Waals surface area contributed by atoms with Gasteiger partial charge in [-0.15, -0.1) is 0 Å². The van der Waals surface area contributed by atoms with Crippen LogP contribution in [0.2, 0.25) is 0 Å². The van der Waals surface area contributed by atoms with Crippen LogP contribution in [0.4, 0.5) is 8.78 Å². The first-order valence-electron chi connectivity index (χ1n) is 9.21. The van der Waals surface area contributed by atoms with Gasteiger partial charge >= 0.3 is 0 Å². The van der Waals surface area contributed by atoms with Crippen molar-refractivity contribution in [3.63, 3.8) is 0 Å². The first-order chi connectivity index (χ1) is 13.1. The van der Waals surface area contributed by atoms with Gasteiger partial charge in [-0.05, 0) is 53.3 Å². The zero-order valence-electron chi connectivity index (χ0n) is 15.3. The Labute approximate surface area is 158 Å². The number of hydrogen-bond acceptors (Lipinski definition) is 1. The van der Waals surface area contributed by atoms with Gasteiger partial charge in [0.05, 0.1) is 5.56 Å². The van der Waals surface area contributed by atoms with Gasteiger partial charge in [0.25, 0.3) is 0 Å². The first kappa shape index (κ1) is 18.8. The van der Waals surface area contributed by atoms with Crippen LogP contribution < -0.4 is 0 Å². The molecule has 0 amide bonds. The molecule has 0 spiro atoms. The van der Waals surface area contributed by atoms with Crippen molar-refractivity contribution < 1.29 is 8.78 Å². The molecule has 0 fully saturated rings. The molecular formula is C24H21F2N. The lowest BCUT2D eigenvalue weighted by molar-refractivity contribution is 0.622. The number of aryl methyl sites for hydroxylation is 1. The number of nitriles is 1. The van der Waals surface area contributed by atoms with E-state index in [-0.39, 0.29) is 5.56 Å². The molecule has 136 valence electrons. The Morgan fingerprint density at radius 2 is 1.44 bits per heavy atom. The predicted molar refractivity (Wildman–Crippen MR) is 105 cm³/mol. The lowest BCUT2D eigenvalue weighted by Crippen LogP contribution is -1.90. The maximum absolute atomic E-state index is 14.6. The molecule has 27 heavy (non-hydrogen) atoms. The summed E-state index contributed by atoms with van der Waals surface area (Å²) in [5.74, 6) is -1.05. The van der Waals surface area contributed by atoms with Gasteiger partial charge in [-0.3, -0.25) is 0 Å². The molecule has 0 aromatic heterocycles. The van der Waals surface area contributed by atoms with Crippen molar-refractivity contribution in [2.75, 3.05) is 0 Å². The van der Waals surface area contributed by atoms with Gasteiger partial charge < -0.3 is 0 Å². The van der Waals surface area contributed by atoms with Gasteiger partial charge in [0.2, 0.25) is 0 Å². The predicted octanol–water partition coefficient (Wildman–Crippen LogP) is 6.90. The maximum atomic E-state index is 14.6. The molecule has 0 atom stereocenters. The monoisotopic (exact) mass is 361 g/mol. The molecule has 0 saturated heterocycles. The number of nitrogens with zero attached hydrogens (tertiary/aromatic N) is 1. The zero-order valence-corrected chi connectivity index (χ0v) is 15.3. The Kier molecular flexibility index (Phi) is 5.98. The average molecular weight is 361 g/mol. The summed E-state index contributed by atoms with van der Waals surface area (Å²) in [5.41, 5.74) is 3.71. The van der Waals surface area contributed by atoms with Crippen LogP contribution in [0.3, 0.4) is 0 Å². The van der Waals surface area contributed by atoms with E-state index < -0.39 is 11.6 Å². The van der Waals surface area contributed by atoms with Crippen molar-refractivity contribution >= 4 is 0 Å². The van der Waals surface area contributed by atoms with E-state index >= 15 is 0 Å². The lowest BCUT2D eigenvalue weighted by atomic mass is 9.97. The highest BCUT2D eigenvalue weighted by atomic mass is 19.1. The van der Waals surface area contributed by atoms with E-state index in [1.807, 2.05) is 18.2 Å². The third kappa shape index (κ3) is 4.41. The van der Waals surface area contributed by atoms with E-state index in [4.69, 9.17) is 5.26 Å². The summed E-state index contributed by atoms with van der Waals surface area (Å²) in [5, 5.41) is 8.81. The summed E-state index contributed by atoms with van der Waals surface area (Å²) in [7, 11) is 0. The molecule has 3 aromatic rings.